The summed E-state index contributed by atoms with van der Waals surface area (Å²) in [6.45, 7) is 1.53. The summed E-state index contributed by atoms with van der Waals surface area (Å²) in [7, 11) is 0. The summed E-state index contributed by atoms with van der Waals surface area (Å²) in [5.41, 5.74) is 2.30. The number of hydrogen-bond donors (Lipinski definition) is 1. The van der Waals surface area contributed by atoms with Crippen LogP contribution < -0.4 is 10.9 Å². The fraction of sp³-hybridized carbons (Fsp3) is 0.458. The number of nitrogens with zero attached hydrogens (tertiary/aromatic N) is 2. The monoisotopic (exact) mass is 421 g/mol. The van der Waals surface area contributed by atoms with Crippen molar-refractivity contribution in [3.8, 4) is 0 Å². The van der Waals surface area contributed by atoms with Crippen LogP contribution in [-0.4, -0.2) is 40.5 Å². The SMILES string of the molecule is O=C(Nc1ccccc1)c1c2c(cn(C3CC3)c1=O)CN(C(=O)C1CCCCO1)CC2. The quantitative estimate of drug-likeness (QED) is 0.823. The molecule has 1 aliphatic carbocycles. The molecule has 7 heteroatoms. The van der Waals surface area contributed by atoms with Crippen LogP contribution in [0.1, 0.15) is 59.6 Å². The van der Waals surface area contributed by atoms with Gasteiger partial charge in [-0.1, -0.05) is 18.2 Å². The maximum atomic E-state index is 13.2. The Labute approximate surface area is 181 Å². The normalized spacial score (nSPS) is 20.8. The van der Waals surface area contributed by atoms with Gasteiger partial charge >= 0.3 is 0 Å². The third-order valence-corrected chi connectivity index (χ3v) is 6.39. The van der Waals surface area contributed by atoms with E-state index in [0.717, 1.165) is 43.2 Å². The van der Waals surface area contributed by atoms with Gasteiger partial charge in [-0.15, -0.1) is 0 Å². The van der Waals surface area contributed by atoms with Crippen LogP contribution >= 0.6 is 0 Å². The number of carbonyl (C=O) groups is 2. The van der Waals surface area contributed by atoms with E-state index in [1.165, 1.54) is 0 Å². The molecule has 1 unspecified atom stereocenters. The van der Waals surface area contributed by atoms with Crippen molar-refractivity contribution in [2.45, 2.75) is 57.2 Å². The molecule has 1 aromatic carbocycles. The molecule has 31 heavy (non-hydrogen) atoms. The molecule has 1 N–H and O–H groups in total. The number of fused-ring (bicyclic) bond motifs is 1. The second-order valence-electron chi connectivity index (χ2n) is 8.64. The summed E-state index contributed by atoms with van der Waals surface area (Å²) < 4.78 is 7.39. The molecule has 3 heterocycles. The Morgan fingerprint density at radius 2 is 1.87 bits per heavy atom. The van der Waals surface area contributed by atoms with Gasteiger partial charge in [0.15, 0.2) is 0 Å². The first-order chi connectivity index (χ1) is 15.1. The van der Waals surface area contributed by atoms with Crippen LogP contribution in [0.5, 0.6) is 0 Å². The number of benzene rings is 1. The number of nitrogens with one attached hydrogen (secondary N) is 1. The average Bonchev–Trinajstić information content (AvgIpc) is 3.64. The lowest BCUT2D eigenvalue weighted by molar-refractivity contribution is -0.147. The predicted molar refractivity (Wildman–Crippen MR) is 116 cm³/mol. The van der Waals surface area contributed by atoms with E-state index in [4.69, 9.17) is 4.74 Å². The molecule has 1 aromatic heterocycles. The van der Waals surface area contributed by atoms with E-state index in [0.29, 0.717) is 31.8 Å². The van der Waals surface area contributed by atoms with Crippen molar-refractivity contribution in [2.24, 2.45) is 0 Å². The first-order valence-corrected chi connectivity index (χ1v) is 11.2. The fourth-order valence-corrected chi connectivity index (χ4v) is 4.58. The summed E-state index contributed by atoms with van der Waals surface area (Å²) in [6, 6.07) is 9.31. The highest BCUT2D eigenvalue weighted by Gasteiger charge is 2.34. The van der Waals surface area contributed by atoms with Gasteiger partial charge in [0.25, 0.3) is 17.4 Å². The van der Waals surface area contributed by atoms with Gasteiger partial charge in [-0.05, 0) is 61.8 Å². The number of aromatic nitrogens is 1. The van der Waals surface area contributed by atoms with E-state index in [-0.39, 0.29) is 35.1 Å². The molecule has 162 valence electrons. The van der Waals surface area contributed by atoms with Crippen LogP contribution in [-0.2, 0) is 22.5 Å². The average molecular weight is 421 g/mol. The van der Waals surface area contributed by atoms with Crippen molar-refractivity contribution in [2.75, 3.05) is 18.5 Å². The van der Waals surface area contributed by atoms with Crippen LogP contribution in [0.4, 0.5) is 5.69 Å². The van der Waals surface area contributed by atoms with E-state index >= 15 is 0 Å². The Hall–Kier alpha value is -2.93. The molecule has 2 aliphatic heterocycles. The Balaban J connectivity index is 1.46. The Morgan fingerprint density at radius 1 is 1.06 bits per heavy atom. The Morgan fingerprint density at radius 3 is 2.58 bits per heavy atom. The van der Waals surface area contributed by atoms with E-state index in [9.17, 15) is 14.4 Å². The van der Waals surface area contributed by atoms with Gasteiger partial charge in [0, 0.05) is 37.6 Å². The lowest BCUT2D eigenvalue weighted by Gasteiger charge is -2.34. The summed E-state index contributed by atoms with van der Waals surface area (Å²) in [4.78, 5) is 41.2. The maximum absolute atomic E-state index is 13.2. The van der Waals surface area contributed by atoms with E-state index in [1.807, 2.05) is 29.3 Å². The van der Waals surface area contributed by atoms with E-state index in [2.05, 4.69) is 5.32 Å². The third-order valence-electron chi connectivity index (χ3n) is 6.39. The highest BCUT2D eigenvalue weighted by Crippen LogP contribution is 2.35. The van der Waals surface area contributed by atoms with Gasteiger partial charge < -0.3 is 19.5 Å². The number of carbonyl (C=O) groups excluding carboxylic acids is 2. The predicted octanol–water partition coefficient (Wildman–Crippen LogP) is 2.89. The van der Waals surface area contributed by atoms with Gasteiger partial charge in [-0.25, -0.2) is 0 Å². The van der Waals surface area contributed by atoms with Crippen LogP contribution in [0.2, 0.25) is 0 Å². The van der Waals surface area contributed by atoms with Crippen LogP contribution in [0.25, 0.3) is 0 Å². The number of amides is 2. The first-order valence-electron chi connectivity index (χ1n) is 11.2. The molecule has 1 saturated heterocycles. The van der Waals surface area contributed by atoms with E-state index < -0.39 is 0 Å². The summed E-state index contributed by atoms with van der Waals surface area (Å²) in [5.74, 6) is -0.359. The van der Waals surface area contributed by atoms with Gasteiger partial charge in [-0.2, -0.15) is 0 Å². The number of anilines is 1. The molecule has 3 aliphatic rings. The van der Waals surface area contributed by atoms with Crippen molar-refractivity contribution in [1.82, 2.24) is 9.47 Å². The smallest absolute Gasteiger partial charge is 0.263 e. The second kappa shape index (κ2) is 8.30. The molecule has 0 spiro atoms. The molecule has 0 bridgehead atoms. The number of pyridine rings is 1. The van der Waals surface area contributed by atoms with E-state index in [1.54, 1.807) is 16.7 Å². The zero-order valence-corrected chi connectivity index (χ0v) is 17.5. The van der Waals surface area contributed by atoms with Gasteiger partial charge in [0.1, 0.15) is 11.7 Å². The first kappa shape index (κ1) is 20.0. The number of ether oxygens (including phenoxy) is 1. The van der Waals surface area contributed by atoms with Crippen molar-refractivity contribution in [1.29, 1.82) is 0 Å². The molecular formula is C24H27N3O4. The fourth-order valence-electron chi connectivity index (χ4n) is 4.58. The summed E-state index contributed by atoms with van der Waals surface area (Å²) >= 11 is 0. The molecular weight excluding hydrogens is 394 g/mol. The second-order valence-corrected chi connectivity index (χ2v) is 8.64. The number of para-hydroxylation sites is 1. The maximum Gasteiger partial charge on any atom is 0.263 e. The minimum absolute atomic E-state index is 0.0183. The van der Waals surface area contributed by atoms with Crippen LogP contribution in [0.15, 0.2) is 41.3 Å². The van der Waals surface area contributed by atoms with Crippen molar-refractivity contribution in [3.63, 3.8) is 0 Å². The zero-order chi connectivity index (χ0) is 21.4. The van der Waals surface area contributed by atoms with Crippen LogP contribution in [0.3, 0.4) is 0 Å². The molecule has 2 amide bonds. The largest absolute Gasteiger partial charge is 0.368 e. The molecule has 1 atom stereocenters. The van der Waals surface area contributed by atoms with Crippen LogP contribution in [0, 0.1) is 0 Å². The van der Waals surface area contributed by atoms with Crippen molar-refractivity contribution in [3.05, 3.63) is 63.6 Å². The number of hydrogen-bond acceptors (Lipinski definition) is 4. The Kier molecular flexibility index (Phi) is 5.36. The Bertz CT molecular complexity index is 1050. The van der Waals surface area contributed by atoms with Crippen molar-refractivity contribution < 1.29 is 14.3 Å². The minimum Gasteiger partial charge on any atom is -0.368 e. The molecule has 0 radical (unpaired) electrons. The highest BCUT2D eigenvalue weighted by atomic mass is 16.5. The minimum atomic E-state index is -0.377. The standard InChI is InChI=1S/C24H27N3O4/c28-22(25-17-6-2-1-3-7-17)21-19-11-12-26(23(29)20-8-4-5-13-31-20)14-16(19)15-27(24(21)30)18-9-10-18/h1-3,6-7,15,18,20H,4-5,8-14H2,(H,25,28). The summed E-state index contributed by atoms with van der Waals surface area (Å²) in [5, 5.41) is 2.87. The molecule has 5 rings (SSSR count). The summed E-state index contributed by atoms with van der Waals surface area (Å²) in [6.07, 6.45) is 6.64. The zero-order valence-electron chi connectivity index (χ0n) is 17.5. The van der Waals surface area contributed by atoms with Crippen molar-refractivity contribution >= 4 is 17.5 Å². The molecule has 2 aromatic rings. The molecule has 7 nitrogen and oxygen atoms in total. The lowest BCUT2D eigenvalue weighted by atomic mass is 9.95. The third kappa shape index (κ3) is 4.02. The van der Waals surface area contributed by atoms with Gasteiger partial charge in [0.2, 0.25) is 0 Å². The topological polar surface area (TPSA) is 80.6 Å². The van der Waals surface area contributed by atoms with Gasteiger partial charge in [-0.3, -0.25) is 14.4 Å². The molecule has 2 fully saturated rings. The van der Waals surface area contributed by atoms with Gasteiger partial charge in [0.05, 0.1) is 0 Å². The lowest BCUT2D eigenvalue weighted by Crippen LogP contribution is -2.45. The highest BCUT2D eigenvalue weighted by molar-refractivity contribution is 6.05. The molecule has 1 saturated carbocycles. The number of rotatable bonds is 4.